The van der Waals surface area contributed by atoms with Gasteiger partial charge in [-0.15, -0.1) is 0 Å². The molecule has 0 atom stereocenters. The molecule has 0 bridgehead atoms. The van der Waals surface area contributed by atoms with Crippen LogP contribution in [0.4, 0.5) is 11.6 Å². The molecule has 1 amide bonds. The smallest absolute Gasteiger partial charge is 0.258 e. The van der Waals surface area contributed by atoms with Crippen molar-refractivity contribution in [2.75, 3.05) is 30.9 Å². The topological polar surface area (TPSA) is 85.4 Å². The number of aromatic nitrogens is 2. The summed E-state index contributed by atoms with van der Waals surface area (Å²) in [6.07, 6.45) is 3.84. The van der Waals surface area contributed by atoms with E-state index in [1.54, 1.807) is 31.4 Å². The van der Waals surface area contributed by atoms with Gasteiger partial charge in [0.25, 0.3) is 5.91 Å². The monoisotopic (exact) mass is 378 g/mol. The van der Waals surface area contributed by atoms with Crippen molar-refractivity contribution in [2.45, 2.75) is 6.42 Å². The highest BCUT2D eigenvalue weighted by molar-refractivity contribution is 6.03. The van der Waals surface area contributed by atoms with Gasteiger partial charge in [0.15, 0.2) is 0 Å². The lowest BCUT2D eigenvalue weighted by Gasteiger charge is -2.08. The molecule has 7 nitrogen and oxygen atoms in total. The zero-order valence-corrected chi connectivity index (χ0v) is 15.6. The number of amides is 1. The first kappa shape index (κ1) is 19.3. The van der Waals surface area contributed by atoms with Crippen LogP contribution in [-0.2, 0) is 4.74 Å². The van der Waals surface area contributed by atoms with Crippen molar-refractivity contribution in [3.8, 4) is 11.5 Å². The van der Waals surface area contributed by atoms with E-state index in [1.807, 2.05) is 30.3 Å². The number of ether oxygens (including phenoxy) is 2. The second-order valence-electron chi connectivity index (χ2n) is 5.96. The number of hydrogen-bond acceptors (Lipinski definition) is 6. The Hall–Kier alpha value is -3.45. The van der Waals surface area contributed by atoms with Crippen LogP contribution in [0.3, 0.4) is 0 Å². The Kier molecular flexibility index (Phi) is 6.92. The number of rotatable bonds is 9. The van der Waals surface area contributed by atoms with Gasteiger partial charge in [0, 0.05) is 38.3 Å². The molecule has 0 unspecified atom stereocenters. The highest BCUT2D eigenvalue weighted by Crippen LogP contribution is 2.22. The maximum Gasteiger partial charge on any atom is 0.258 e. The fraction of sp³-hybridized carbons (Fsp3) is 0.190. The van der Waals surface area contributed by atoms with Crippen LogP contribution < -0.4 is 15.4 Å². The number of methoxy groups -OCH3 is 1. The van der Waals surface area contributed by atoms with E-state index in [1.165, 1.54) is 12.4 Å². The van der Waals surface area contributed by atoms with E-state index in [0.717, 1.165) is 12.2 Å². The van der Waals surface area contributed by atoms with E-state index in [-0.39, 0.29) is 5.91 Å². The van der Waals surface area contributed by atoms with Gasteiger partial charge >= 0.3 is 0 Å². The van der Waals surface area contributed by atoms with Crippen molar-refractivity contribution < 1.29 is 14.3 Å². The summed E-state index contributed by atoms with van der Waals surface area (Å²) in [5.74, 6) is 1.65. The third-order valence-corrected chi connectivity index (χ3v) is 3.81. The maximum atomic E-state index is 12.3. The van der Waals surface area contributed by atoms with Crippen LogP contribution in [0.2, 0.25) is 0 Å². The van der Waals surface area contributed by atoms with Gasteiger partial charge in [-0.05, 0) is 42.8 Å². The molecule has 3 rings (SSSR count). The summed E-state index contributed by atoms with van der Waals surface area (Å²) in [6.45, 7) is 1.37. The lowest BCUT2D eigenvalue weighted by Crippen LogP contribution is -2.14. The van der Waals surface area contributed by atoms with Crippen molar-refractivity contribution in [2.24, 2.45) is 0 Å². The summed E-state index contributed by atoms with van der Waals surface area (Å²) in [5, 5.41) is 5.89. The van der Waals surface area contributed by atoms with Crippen LogP contribution >= 0.6 is 0 Å². The number of benzene rings is 2. The lowest BCUT2D eigenvalue weighted by molar-refractivity contribution is 0.102. The predicted molar refractivity (Wildman–Crippen MR) is 108 cm³/mol. The summed E-state index contributed by atoms with van der Waals surface area (Å²) >= 11 is 0. The SMILES string of the molecule is COCCCNc1ncc(C(=O)Nc2ccc(Oc3ccccc3)cc2)cn1. The van der Waals surface area contributed by atoms with E-state index in [0.29, 0.717) is 36.1 Å². The van der Waals surface area contributed by atoms with Crippen LogP contribution in [0.25, 0.3) is 0 Å². The van der Waals surface area contributed by atoms with Crippen molar-refractivity contribution >= 4 is 17.5 Å². The van der Waals surface area contributed by atoms with E-state index < -0.39 is 0 Å². The zero-order valence-electron chi connectivity index (χ0n) is 15.6. The zero-order chi connectivity index (χ0) is 19.6. The number of carbonyl (C=O) groups excluding carboxylic acids is 1. The molecule has 1 heterocycles. The molecule has 0 aliphatic heterocycles. The summed E-state index contributed by atoms with van der Waals surface area (Å²) in [4.78, 5) is 20.7. The molecule has 2 aromatic carbocycles. The predicted octanol–water partition coefficient (Wildman–Crippen LogP) is 3.97. The molecule has 0 saturated heterocycles. The minimum atomic E-state index is -0.275. The van der Waals surface area contributed by atoms with E-state index >= 15 is 0 Å². The van der Waals surface area contributed by atoms with Crippen LogP contribution in [0.1, 0.15) is 16.8 Å². The van der Waals surface area contributed by atoms with Crippen molar-refractivity contribution in [1.29, 1.82) is 0 Å². The third kappa shape index (κ3) is 5.78. The minimum Gasteiger partial charge on any atom is -0.457 e. The highest BCUT2D eigenvalue weighted by atomic mass is 16.5. The van der Waals surface area contributed by atoms with Crippen LogP contribution in [0, 0.1) is 0 Å². The Balaban J connectivity index is 1.52. The molecule has 0 saturated carbocycles. The molecule has 28 heavy (non-hydrogen) atoms. The Morgan fingerprint density at radius 1 is 0.964 bits per heavy atom. The fourth-order valence-electron chi connectivity index (χ4n) is 2.39. The van der Waals surface area contributed by atoms with E-state index in [4.69, 9.17) is 9.47 Å². The molecule has 0 aliphatic carbocycles. The number of carbonyl (C=O) groups is 1. The lowest BCUT2D eigenvalue weighted by atomic mass is 10.2. The molecule has 2 N–H and O–H groups in total. The van der Waals surface area contributed by atoms with E-state index in [2.05, 4.69) is 20.6 Å². The Morgan fingerprint density at radius 2 is 1.64 bits per heavy atom. The summed E-state index contributed by atoms with van der Waals surface area (Å²) in [6, 6.07) is 16.7. The second kappa shape index (κ2) is 10.0. The number of nitrogens with zero attached hydrogens (tertiary/aromatic N) is 2. The molecule has 3 aromatic rings. The number of nitrogens with one attached hydrogen (secondary N) is 2. The molecule has 144 valence electrons. The van der Waals surface area contributed by atoms with Gasteiger partial charge in [-0.2, -0.15) is 0 Å². The number of para-hydroxylation sites is 1. The van der Waals surface area contributed by atoms with Gasteiger partial charge in [-0.25, -0.2) is 9.97 Å². The van der Waals surface area contributed by atoms with Crippen molar-refractivity contribution in [3.63, 3.8) is 0 Å². The average molecular weight is 378 g/mol. The minimum absolute atomic E-state index is 0.275. The molecule has 0 spiro atoms. The fourth-order valence-corrected chi connectivity index (χ4v) is 2.39. The molecule has 7 heteroatoms. The Bertz CT molecular complexity index is 868. The molecule has 0 radical (unpaired) electrons. The van der Waals surface area contributed by atoms with Gasteiger partial charge in [0.2, 0.25) is 5.95 Å². The largest absolute Gasteiger partial charge is 0.457 e. The van der Waals surface area contributed by atoms with Gasteiger partial charge in [-0.1, -0.05) is 18.2 Å². The molecule has 0 fully saturated rings. The number of anilines is 2. The maximum absolute atomic E-state index is 12.3. The first-order valence-corrected chi connectivity index (χ1v) is 8.94. The van der Waals surface area contributed by atoms with Gasteiger partial charge in [-0.3, -0.25) is 4.79 Å². The highest BCUT2D eigenvalue weighted by Gasteiger charge is 2.08. The summed E-state index contributed by atoms with van der Waals surface area (Å²) in [5.41, 5.74) is 1.04. The summed E-state index contributed by atoms with van der Waals surface area (Å²) < 4.78 is 10.7. The van der Waals surface area contributed by atoms with Crippen molar-refractivity contribution in [3.05, 3.63) is 72.6 Å². The number of hydrogen-bond donors (Lipinski definition) is 2. The third-order valence-electron chi connectivity index (χ3n) is 3.81. The molecule has 0 aliphatic rings. The quantitative estimate of drug-likeness (QED) is 0.548. The first-order chi connectivity index (χ1) is 13.7. The van der Waals surface area contributed by atoms with Crippen LogP contribution in [0.5, 0.6) is 11.5 Å². The van der Waals surface area contributed by atoms with Crippen LogP contribution in [-0.4, -0.2) is 36.1 Å². The second-order valence-corrected chi connectivity index (χ2v) is 5.96. The normalized spacial score (nSPS) is 10.3. The van der Waals surface area contributed by atoms with Gasteiger partial charge in [0.05, 0.1) is 5.56 Å². The van der Waals surface area contributed by atoms with E-state index in [9.17, 15) is 4.79 Å². The van der Waals surface area contributed by atoms with Gasteiger partial charge < -0.3 is 20.1 Å². The van der Waals surface area contributed by atoms with Crippen LogP contribution in [0.15, 0.2) is 67.0 Å². The standard InChI is InChI=1S/C21H22N4O3/c1-27-13-5-12-22-21-23-14-16(15-24-21)20(26)25-17-8-10-19(11-9-17)28-18-6-3-2-4-7-18/h2-4,6-11,14-15H,5,12-13H2,1H3,(H,25,26)(H,22,23,24). The Morgan fingerprint density at radius 3 is 2.32 bits per heavy atom. The first-order valence-electron chi connectivity index (χ1n) is 8.94. The molecule has 1 aromatic heterocycles. The molecular weight excluding hydrogens is 356 g/mol. The van der Waals surface area contributed by atoms with Gasteiger partial charge in [0.1, 0.15) is 11.5 Å². The molecular formula is C21H22N4O3. The Labute approximate surface area is 163 Å². The average Bonchev–Trinajstić information content (AvgIpc) is 2.74. The van der Waals surface area contributed by atoms with Crippen molar-refractivity contribution in [1.82, 2.24) is 9.97 Å². The summed E-state index contributed by atoms with van der Waals surface area (Å²) in [7, 11) is 1.66.